The molecule has 0 aromatic carbocycles. The number of nitrogens with zero attached hydrogens (tertiary/aromatic N) is 7. The predicted octanol–water partition coefficient (Wildman–Crippen LogP) is -2.65. The Morgan fingerprint density at radius 2 is 1.83 bits per heavy atom. The summed E-state index contributed by atoms with van der Waals surface area (Å²) in [5.41, 5.74) is 2.43. The van der Waals surface area contributed by atoms with Crippen LogP contribution in [-0.2, 0) is 23.1 Å². The van der Waals surface area contributed by atoms with E-state index in [1.165, 1.54) is 10.9 Å². The van der Waals surface area contributed by atoms with Crippen LogP contribution >= 0.6 is 7.82 Å². The molecule has 0 amide bonds. The molecule has 42 heavy (non-hydrogen) atoms. The van der Waals surface area contributed by atoms with Crippen molar-refractivity contribution >= 4 is 36.1 Å². The number of hydrogen-bond acceptors (Lipinski definition) is 16. The van der Waals surface area contributed by atoms with E-state index in [0.717, 1.165) is 17.2 Å². The number of fused-ring (bicyclic) bond motifs is 3. The molecule has 1 aliphatic carbocycles. The van der Waals surface area contributed by atoms with Crippen LogP contribution in [0.15, 0.2) is 23.8 Å². The number of nitrogens with two attached hydrogens (primary N) is 1. The van der Waals surface area contributed by atoms with Crippen LogP contribution in [0, 0.1) is 0 Å². The number of aromatic amines is 1. The quantitative estimate of drug-likeness (QED) is 0.105. The van der Waals surface area contributed by atoms with Gasteiger partial charge in [-0.2, -0.15) is 9.97 Å². The lowest BCUT2D eigenvalue weighted by molar-refractivity contribution is -0.0967. The van der Waals surface area contributed by atoms with E-state index in [4.69, 9.17) is 24.3 Å². The van der Waals surface area contributed by atoms with Crippen LogP contribution in [0.25, 0.3) is 22.3 Å². The first-order chi connectivity index (χ1) is 19.9. The van der Waals surface area contributed by atoms with Gasteiger partial charge < -0.3 is 40.5 Å². The Bertz CT molecular complexity index is 1820. The number of H-pyrrole nitrogens is 1. The molecule has 3 fully saturated rings. The monoisotopic (exact) mass is 613 g/mol. The Kier molecular flexibility index (Phi) is 5.94. The van der Waals surface area contributed by atoms with Crippen LogP contribution in [0.5, 0.6) is 5.88 Å². The first kappa shape index (κ1) is 27.2. The van der Waals surface area contributed by atoms with Crippen LogP contribution in [0.2, 0.25) is 0 Å². The van der Waals surface area contributed by atoms with E-state index < -0.39 is 80.6 Å². The number of aliphatic hydroxyl groups excluding tert-OH is 2. The highest BCUT2D eigenvalue weighted by Crippen LogP contribution is 2.62. The molecule has 10 atom stereocenters. The molecule has 2 unspecified atom stereocenters. The normalized spacial score (nSPS) is 35.5. The summed E-state index contributed by atoms with van der Waals surface area (Å²) in [6.45, 7) is -0.839. The minimum absolute atomic E-state index is 0.00498. The van der Waals surface area contributed by atoms with Gasteiger partial charge >= 0.3 is 7.82 Å². The molecule has 2 aliphatic heterocycles. The molecule has 6 heterocycles. The van der Waals surface area contributed by atoms with E-state index in [1.807, 2.05) is 0 Å². The summed E-state index contributed by atoms with van der Waals surface area (Å²) in [4.78, 5) is 44.3. The van der Waals surface area contributed by atoms with Crippen molar-refractivity contribution in [3.8, 4) is 5.88 Å². The van der Waals surface area contributed by atoms with Gasteiger partial charge in [-0.25, -0.2) is 23.9 Å². The van der Waals surface area contributed by atoms with Crippen molar-refractivity contribution in [3.63, 3.8) is 0 Å². The van der Waals surface area contributed by atoms with E-state index in [0.29, 0.717) is 0 Å². The number of hydrogen-bond donors (Lipinski definition) is 7. The van der Waals surface area contributed by atoms with Gasteiger partial charge in [-0.05, 0) is 0 Å². The molecule has 0 bridgehead atoms. The number of phosphoric acid groups is 1. The summed E-state index contributed by atoms with van der Waals surface area (Å²) >= 11 is 0. The Balaban J connectivity index is 1.11. The maximum atomic E-state index is 15.3. The zero-order valence-electron chi connectivity index (χ0n) is 20.8. The van der Waals surface area contributed by atoms with Crippen LogP contribution in [-0.4, -0.2) is 113 Å². The topological polar surface area (TPSA) is 288 Å². The Morgan fingerprint density at radius 3 is 2.52 bits per heavy atom. The third-order valence-corrected chi connectivity index (χ3v) is 8.40. The molecular weight excluding hydrogens is 592 g/mol. The van der Waals surface area contributed by atoms with E-state index in [9.17, 15) is 34.7 Å². The summed E-state index contributed by atoms with van der Waals surface area (Å²) < 4.78 is 52.0. The minimum atomic E-state index is -5.25. The third kappa shape index (κ3) is 3.87. The number of nitrogen functional groups attached to an aromatic ring is 1. The molecular formula is C20H21FN9O11P. The van der Waals surface area contributed by atoms with Gasteiger partial charge in [0.25, 0.3) is 5.56 Å². The fourth-order valence-electron chi connectivity index (χ4n) is 5.31. The molecule has 8 N–H and O–H groups in total. The van der Waals surface area contributed by atoms with Gasteiger partial charge in [0, 0.05) is 0 Å². The van der Waals surface area contributed by atoms with Gasteiger partial charge in [-0.15, -0.1) is 0 Å². The van der Waals surface area contributed by atoms with Crippen molar-refractivity contribution in [2.75, 3.05) is 12.3 Å². The second-order valence-electron chi connectivity index (χ2n) is 9.83. The lowest BCUT2D eigenvalue weighted by Crippen LogP contribution is -2.37. The number of aliphatic hydroxyl groups is 3. The fraction of sp³-hybridized carbons (Fsp3) is 0.500. The third-order valence-electron chi connectivity index (χ3n) is 7.39. The lowest BCUT2D eigenvalue weighted by Gasteiger charge is -2.26. The average Bonchev–Trinajstić information content (AvgIpc) is 3.45. The van der Waals surface area contributed by atoms with E-state index in [2.05, 4.69) is 29.9 Å². The van der Waals surface area contributed by atoms with Gasteiger partial charge in [-0.1, -0.05) is 0 Å². The number of aromatic hydroxyl groups is 1. The second kappa shape index (κ2) is 9.17. The van der Waals surface area contributed by atoms with Crippen molar-refractivity contribution in [2.45, 2.75) is 54.7 Å². The number of halogens is 1. The summed E-state index contributed by atoms with van der Waals surface area (Å²) in [5.74, 6) is -0.720. The maximum Gasteiger partial charge on any atom is 0.473 e. The number of nitrogens with one attached hydrogen (secondary N) is 1. The number of rotatable bonds is 7. The first-order valence-corrected chi connectivity index (χ1v) is 13.7. The highest BCUT2D eigenvalue weighted by Gasteiger charge is 2.79. The van der Waals surface area contributed by atoms with Gasteiger partial charge in [0.05, 0.1) is 19.3 Å². The molecule has 2 saturated heterocycles. The van der Waals surface area contributed by atoms with Crippen LogP contribution in [0.1, 0.15) is 12.5 Å². The van der Waals surface area contributed by atoms with Gasteiger partial charge in [0.2, 0.25) is 11.8 Å². The second-order valence-corrected chi connectivity index (χ2v) is 11.2. The summed E-state index contributed by atoms with van der Waals surface area (Å²) in [6, 6.07) is 0. The largest absolute Gasteiger partial charge is 0.492 e. The predicted molar refractivity (Wildman–Crippen MR) is 130 cm³/mol. The SMILES string of the molecule is Nc1nc2c(ncn2[C@@H]2O[C@H](CO)[C@@H](F)[C@H]2OP(=O)(O)OC2[C@H]3O[C@@H](n4cnc5c(O)ncnc54)[C@H](O)[C@@]23O)c(=O)[nH]1. The molecule has 7 rings (SSSR count). The van der Waals surface area contributed by atoms with Crippen molar-refractivity contribution in [1.29, 1.82) is 0 Å². The van der Waals surface area contributed by atoms with E-state index in [-0.39, 0.29) is 28.3 Å². The average molecular weight is 613 g/mol. The zero-order valence-corrected chi connectivity index (χ0v) is 21.7. The minimum Gasteiger partial charge on any atom is -0.492 e. The molecule has 22 heteroatoms. The molecule has 1 saturated carbocycles. The van der Waals surface area contributed by atoms with E-state index in [1.54, 1.807) is 0 Å². The Labute approximate surface area is 230 Å². The summed E-state index contributed by atoms with van der Waals surface area (Å²) in [6.07, 6.45) is -9.80. The standard InChI is InChI=1S/C20H21FN9O11P/c21-6-5(1-31)38-17(30-4-26-8-14(30)27-19(22)28-16(8)34)9(6)40-42(36,37)41-12-11-20(12,35)10(32)18(39-11)29-3-25-7-13(29)23-2-24-15(7)33/h2-6,9-12,17-18,31-32,35H,1H2,(H,36,37)(H,23,24,33)(H3,22,27,28,34)/t5-,6-,9-,10+,11-,12?,17-,18-,20+/m1/s1. The number of alkyl halides is 1. The Hall–Kier alpha value is -3.66. The van der Waals surface area contributed by atoms with E-state index >= 15 is 4.39 Å². The molecule has 3 aliphatic rings. The van der Waals surface area contributed by atoms with Crippen molar-refractivity contribution in [3.05, 3.63) is 29.3 Å². The summed E-state index contributed by atoms with van der Waals surface area (Å²) in [7, 11) is -5.25. The Morgan fingerprint density at radius 1 is 1.12 bits per heavy atom. The smallest absolute Gasteiger partial charge is 0.473 e. The molecule has 4 aromatic heterocycles. The van der Waals surface area contributed by atoms with Gasteiger partial charge in [0.1, 0.15) is 36.8 Å². The zero-order chi connectivity index (χ0) is 29.7. The van der Waals surface area contributed by atoms with Gasteiger partial charge in [0.15, 0.2) is 46.6 Å². The van der Waals surface area contributed by atoms with Crippen LogP contribution in [0.4, 0.5) is 10.3 Å². The number of ether oxygens (including phenoxy) is 2. The van der Waals surface area contributed by atoms with Crippen LogP contribution < -0.4 is 11.3 Å². The van der Waals surface area contributed by atoms with Crippen molar-refractivity contribution in [2.24, 2.45) is 0 Å². The van der Waals surface area contributed by atoms with Gasteiger partial charge in [-0.3, -0.25) is 28.0 Å². The molecule has 20 nitrogen and oxygen atoms in total. The highest BCUT2D eigenvalue weighted by molar-refractivity contribution is 7.47. The highest BCUT2D eigenvalue weighted by atomic mass is 31.2. The van der Waals surface area contributed by atoms with Crippen molar-refractivity contribution < 1.29 is 52.8 Å². The summed E-state index contributed by atoms with van der Waals surface area (Å²) in [5, 5.41) is 41.3. The maximum absolute atomic E-state index is 15.3. The molecule has 224 valence electrons. The number of phosphoric ester groups is 1. The number of anilines is 1. The fourth-order valence-corrected chi connectivity index (χ4v) is 6.46. The molecule has 4 aromatic rings. The molecule has 0 spiro atoms. The molecule has 0 radical (unpaired) electrons. The lowest BCUT2D eigenvalue weighted by atomic mass is 10.1. The number of aromatic nitrogens is 8. The van der Waals surface area contributed by atoms with Crippen molar-refractivity contribution in [1.82, 2.24) is 39.0 Å². The number of imidazole rings is 2. The van der Waals surface area contributed by atoms with Crippen LogP contribution in [0.3, 0.4) is 0 Å². The first-order valence-electron chi connectivity index (χ1n) is 12.2.